The molecule has 4 rings (SSSR count). The van der Waals surface area contributed by atoms with Crippen LogP contribution in [0.4, 0.5) is 5.69 Å². The molecule has 4 aromatic rings. The van der Waals surface area contributed by atoms with E-state index in [1.165, 1.54) is 15.9 Å². The highest BCUT2D eigenvalue weighted by molar-refractivity contribution is 7.97. The molecule has 0 fully saturated rings. The van der Waals surface area contributed by atoms with Crippen LogP contribution in [-0.2, 0) is 0 Å². The highest BCUT2D eigenvalue weighted by Gasteiger charge is 2.51. The molecule has 144 valence electrons. The Morgan fingerprint density at radius 2 is 0.828 bits per heavy atom. The second kappa shape index (κ2) is 9.69. The third-order valence-corrected chi connectivity index (χ3v) is 9.08. The van der Waals surface area contributed by atoms with Gasteiger partial charge in [-0.1, -0.05) is 79.4 Å². The zero-order chi connectivity index (χ0) is 19.2. The molecule has 0 heterocycles. The number of hydrogen-bond donors (Lipinski definition) is 0. The highest BCUT2D eigenvalue weighted by atomic mass is 79.9. The van der Waals surface area contributed by atoms with Crippen molar-refractivity contribution in [2.75, 3.05) is 4.67 Å². The van der Waals surface area contributed by atoms with Crippen molar-refractivity contribution in [1.82, 2.24) is 0 Å². The van der Waals surface area contributed by atoms with E-state index in [9.17, 15) is 0 Å². The van der Waals surface area contributed by atoms with Gasteiger partial charge < -0.3 is 17.0 Å². The number of halogens is 1. The summed E-state index contributed by atoms with van der Waals surface area (Å²) in [7, 11) is -2.17. The van der Waals surface area contributed by atoms with E-state index in [1.54, 1.807) is 0 Å². The van der Waals surface area contributed by atoms with E-state index >= 15 is 0 Å². The lowest BCUT2D eigenvalue weighted by atomic mass is 10.3. The molecule has 0 spiro atoms. The average Bonchev–Trinajstić information content (AvgIpc) is 2.80. The van der Waals surface area contributed by atoms with E-state index in [1.807, 2.05) is 6.20 Å². The lowest BCUT2D eigenvalue weighted by molar-refractivity contribution is -0.00000535. The van der Waals surface area contributed by atoms with Gasteiger partial charge in [0.1, 0.15) is 15.9 Å². The van der Waals surface area contributed by atoms with Crippen molar-refractivity contribution in [2.45, 2.75) is 0 Å². The first kappa shape index (κ1) is 21.0. The van der Waals surface area contributed by atoms with Gasteiger partial charge in [0.2, 0.25) is 7.41 Å². The van der Waals surface area contributed by atoms with Crippen LogP contribution in [0.5, 0.6) is 0 Å². The number of anilines is 1. The van der Waals surface area contributed by atoms with Gasteiger partial charge in [-0.05, 0) is 48.5 Å². The molecule has 0 radical (unpaired) electrons. The van der Waals surface area contributed by atoms with Gasteiger partial charge in [-0.25, -0.2) is 4.67 Å². The number of rotatable bonds is 6. The lowest BCUT2D eigenvalue weighted by Crippen LogP contribution is -3.00. The largest absolute Gasteiger partial charge is 1.00 e. The van der Waals surface area contributed by atoms with Crippen molar-refractivity contribution < 1.29 is 17.0 Å². The van der Waals surface area contributed by atoms with Crippen molar-refractivity contribution in [2.24, 2.45) is 0 Å². The summed E-state index contributed by atoms with van der Waals surface area (Å²) in [6.07, 6.45) is 1.98. The number of benzene rings is 4. The molecule has 0 bridgehead atoms. The Labute approximate surface area is 184 Å². The molecule has 0 aliphatic heterocycles. The first-order valence-corrected chi connectivity index (χ1v) is 11.1. The molecule has 0 unspecified atom stereocenters. The zero-order valence-electron chi connectivity index (χ0n) is 16.1. The zero-order valence-corrected chi connectivity index (χ0v) is 18.6. The van der Waals surface area contributed by atoms with E-state index in [0.29, 0.717) is 0 Å². The minimum absolute atomic E-state index is 0. The number of nitrogens with zero attached hydrogens (tertiary/aromatic N) is 1. The lowest BCUT2D eigenvalue weighted by Gasteiger charge is -2.36. The van der Waals surface area contributed by atoms with Crippen molar-refractivity contribution in [3.63, 3.8) is 0 Å². The fourth-order valence-electron chi connectivity index (χ4n) is 3.73. The predicted molar refractivity (Wildman–Crippen MR) is 124 cm³/mol. The van der Waals surface area contributed by atoms with Gasteiger partial charge in [0, 0.05) is 6.20 Å². The van der Waals surface area contributed by atoms with Crippen molar-refractivity contribution >= 4 is 29.0 Å². The molecule has 0 aromatic heterocycles. The first-order chi connectivity index (χ1) is 13.9. The summed E-state index contributed by atoms with van der Waals surface area (Å²) in [5, 5.41) is 3.91. The molecular formula is C26H23BrNP. The second-order valence-electron chi connectivity index (χ2n) is 6.50. The Morgan fingerprint density at radius 1 is 0.517 bits per heavy atom. The van der Waals surface area contributed by atoms with Gasteiger partial charge in [0.15, 0.2) is 0 Å². The SMILES string of the molecule is C=CN(c1ccccc1)[P+](c1ccccc1)(c1ccccc1)c1ccccc1.[Br-]. The maximum absolute atomic E-state index is 4.23. The van der Waals surface area contributed by atoms with Crippen LogP contribution < -0.4 is 37.6 Å². The maximum atomic E-state index is 4.23. The van der Waals surface area contributed by atoms with E-state index < -0.39 is 7.41 Å². The molecule has 0 saturated heterocycles. The summed E-state index contributed by atoms with van der Waals surface area (Å²) < 4.78 is 2.38. The number of para-hydroxylation sites is 1. The Kier molecular flexibility index (Phi) is 7.04. The van der Waals surface area contributed by atoms with Gasteiger partial charge in [-0.15, -0.1) is 0 Å². The highest BCUT2D eigenvalue weighted by Crippen LogP contribution is 2.60. The van der Waals surface area contributed by atoms with Gasteiger partial charge in [0.05, 0.1) is 5.69 Å². The normalized spacial score (nSPS) is 10.6. The fourth-order valence-corrected chi connectivity index (χ4v) is 7.91. The molecule has 3 heteroatoms. The third-order valence-electron chi connectivity index (χ3n) is 4.91. The van der Waals surface area contributed by atoms with Crippen molar-refractivity contribution in [1.29, 1.82) is 0 Å². The minimum atomic E-state index is -2.17. The van der Waals surface area contributed by atoms with Crippen molar-refractivity contribution in [3.8, 4) is 0 Å². The van der Waals surface area contributed by atoms with Crippen LogP contribution >= 0.6 is 7.41 Å². The van der Waals surface area contributed by atoms with Crippen LogP contribution in [-0.4, -0.2) is 0 Å². The molecular weight excluding hydrogens is 437 g/mol. The Bertz CT molecular complexity index is 925. The summed E-state index contributed by atoms with van der Waals surface area (Å²) in [4.78, 5) is 0. The summed E-state index contributed by atoms with van der Waals surface area (Å²) in [6.45, 7) is 4.23. The summed E-state index contributed by atoms with van der Waals surface area (Å²) in [6, 6.07) is 43.0. The molecule has 0 saturated carbocycles. The number of hydrogen-bond acceptors (Lipinski definition) is 1. The quantitative estimate of drug-likeness (QED) is 0.400. The van der Waals surface area contributed by atoms with Gasteiger partial charge in [0.25, 0.3) is 0 Å². The Balaban J connectivity index is 0.00000240. The van der Waals surface area contributed by atoms with Crippen molar-refractivity contribution in [3.05, 3.63) is 134 Å². The molecule has 0 N–H and O–H groups in total. The summed E-state index contributed by atoms with van der Waals surface area (Å²) in [5.41, 5.74) is 1.14. The van der Waals surface area contributed by atoms with E-state index in [2.05, 4.69) is 133 Å². The van der Waals surface area contributed by atoms with Gasteiger partial charge >= 0.3 is 0 Å². The molecule has 0 amide bonds. The molecule has 4 aromatic carbocycles. The average molecular weight is 460 g/mol. The monoisotopic (exact) mass is 459 g/mol. The summed E-state index contributed by atoms with van der Waals surface area (Å²) in [5.74, 6) is 0. The van der Waals surface area contributed by atoms with E-state index in [4.69, 9.17) is 0 Å². The third kappa shape index (κ3) is 3.92. The van der Waals surface area contributed by atoms with Crippen LogP contribution in [0.15, 0.2) is 134 Å². The fraction of sp³-hybridized carbons (Fsp3) is 0. The van der Waals surface area contributed by atoms with E-state index in [-0.39, 0.29) is 17.0 Å². The van der Waals surface area contributed by atoms with Crippen LogP contribution in [0.3, 0.4) is 0 Å². The van der Waals surface area contributed by atoms with Crippen LogP contribution in [0.2, 0.25) is 0 Å². The molecule has 0 aliphatic carbocycles. The van der Waals surface area contributed by atoms with Gasteiger partial charge in [-0.3, -0.25) is 0 Å². The molecule has 0 aliphatic rings. The maximum Gasteiger partial charge on any atom is 0.207 e. The van der Waals surface area contributed by atoms with E-state index in [0.717, 1.165) is 5.69 Å². The minimum Gasteiger partial charge on any atom is -1.00 e. The topological polar surface area (TPSA) is 3.24 Å². The summed E-state index contributed by atoms with van der Waals surface area (Å²) >= 11 is 0. The van der Waals surface area contributed by atoms with Crippen LogP contribution in [0.25, 0.3) is 0 Å². The Hall–Kier alpha value is -2.67. The molecule has 0 atom stereocenters. The molecule has 29 heavy (non-hydrogen) atoms. The smallest absolute Gasteiger partial charge is 0.207 e. The second-order valence-corrected chi connectivity index (χ2v) is 9.76. The molecule has 1 nitrogen and oxygen atoms in total. The van der Waals surface area contributed by atoms with Crippen LogP contribution in [0.1, 0.15) is 0 Å². The van der Waals surface area contributed by atoms with Crippen LogP contribution in [0, 0.1) is 0 Å². The van der Waals surface area contributed by atoms with Gasteiger partial charge in [-0.2, -0.15) is 0 Å². The predicted octanol–water partition coefficient (Wildman–Crippen LogP) is 2.55. The first-order valence-electron chi connectivity index (χ1n) is 9.40. The standard InChI is InChI=1S/C26H23NP.BrH/c1-2-27(23-15-7-3-8-16-23)28(24-17-9-4-10-18-24,25-19-11-5-12-20-25)26-21-13-6-14-22-26;/h2-22H,1H2;1H/q+1;/p-1. The Morgan fingerprint density at radius 3 is 1.14 bits per heavy atom.